The highest BCUT2D eigenvalue weighted by molar-refractivity contribution is 7.92. The molecule has 1 amide bonds. The number of carbonyl (C=O) groups excluding carboxylic acids is 1. The summed E-state index contributed by atoms with van der Waals surface area (Å²) in [5, 5.41) is 0.189. The first kappa shape index (κ1) is 22.2. The third kappa shape index (κ3) is 4.20. The van der Waals surface area contributed by atoms with Gasteiger partial charge in [-0.3, -0.25) is 4.79 Å². The van der Waals surface area contributed by atoms with Crippen molar-refractivity contribution in [1.29, 1.82) is 0 Å². The van der Waals surface area contributed by atoms with Gasteiger partial charge in [0.05, 0.1) is 22.7 Å². The van der Waals surface area contributed by atoms with Crippen molar-refractivity contribution in [3.8, 4) is 5.75 Å². The molecule has 1 aliphatic heterocycles. The molecule has 2 aromatic carbocycles. The lowest BCUT2D eigenvalue weighted by Crippen LogP contribution is -2.50. The van der Waals surface area contributed by atoms with Gasteiger partial charge >= 0.3 is 0 Å². The monoisotopic (exact) mass is 461 g/mol. The Bertz CT molecular complexity index is 1020. The summed E-state index contributed by atoms with van der Waals surface area (Å²) in [5.41, 5.74) is 0.513. The van der Waals surface area contributed by atoms with Crippen molar-refractivity contribution in [2.24, 2.45) is 0 Å². The number of piperidine rings is 1. The number of ether oxygens (including phenoxy) is 1. The van der Waals surface area contributed by atoms with Gasteiger partial charge in [-0.05, 0) is 67.6 Å². The van der Waals surface area contributed by atoms with Crippen molar-refractivity contribution in [2.45, 2.75) is 54.1 Å². The van der Waals surface area contributed by atoms with Crippen molar-refractivity contribution >= 4 is 27.3 Å². The van der Waals surface area contributed by atoms with E-state index in [1.54, 1.807) is 31.4 Å². The standard InChI is InChI=1S/C24H28ClNO4S/c1-30-20-8-10-21(11-9-20)31(28,29)22-12-16-26(17-13-22)23(27)24(14-2-3-15-24)18-4-6-19(25)7-5-18/h4-11,22H,2-3,12-17H2,1H3. The second kappa shape index (κ2) is 8.83. The summed E-state index contributed by atoms with van der Waals surface area (Å²) in [5.74, 6) is 0.760. The van der Waals surface area contributed by atoms with E-state index in [9.17, 15) is 13.2 Å². The van der Waals surface area contributed by atoms with Crippen LogP contribution in [0.4, 0.5) is 0 Å². The maximum Gasteiger partial charge on any atom is 0.233 e. The van der Waals surface area contributed by atoms with Crippen LogP contribution < -0.4 is 4.74 Å². The second-order valence-corrected chi connectivity index (χ2v) is 11.2. The fourth-order valence-electron chi connectivity index (χ4n) is 5.00. The Morgan fingerprint density at radius 2 is 1.58 bits per heavy atom. The van der Waals surface area contributed by atoms with Crippen LogP contribution in [0.2, 0.25) is 5.02 Å². The van der Waals surface area contributed by atoms with Crippen LogP contribution in [0.25, 0.3) is 0 Å². The van der Waals surface area contributed by atoms with Gasteiger partial charge in [0.2, 0.25) is 5.91 Å². The zero-order valence-corrected chi connectivity index (χ0v) is 19.3. The van der Waals surface area contributed by atoms with E-state index in [0.29, 0.717) is 41.6 Å². The quantitative estimate of drug-likeness (QED) is 0.651. The molecule has 0 aromatic heterocycles. The molecule has 0 bridgehead atoms. The second-order valence-electron chi connectivity index (χ2n) is 8.51. The minimum Gasteiger partial charge on any atom is -0.497 e. The van der Waals surface area contributed by atoms with E-state index in [4.69, 9.17) is 16.3 Å². The number of halogens is 1. The van der Waals surface area contributed by atoms with Gasteiger partial charge in [-0.25, -0.2) is 8.42 Å². The molecule has 2 aromatic rings. The van der Waals surface area contributed by atoms with E-state index in [2.05, 4.69) is 0 Å². The van der Waals surface area contributed by atoms with Crippen LogP contribution in [0, 0.1) is 0 Å². The third-order valence-corrected chi connectivity index (χ3v) is 9.35. The van der Waals surface area contributed by atoms with Gasteiger partial charge in [0.25, 0.3) is 0 Å². The van der Waals surface area contributed by atoms with Gasteiger partial charge < -0.3 is 9.64 Å². The van der Waals surface area contributed by atoms with E-state index in [1.807, 2.05) is 29.2 Å². The summed E-state index contributed by atoms with van der Waals surface area (Å²) < 4.78 is 31.3. The number of likely N-dealkylation sites (tertiary alicyclic amines) is 1. The molecule has 0 unspecified atom stereocenters. The Morgan fingerprint density at radius 1 is 1.00 bits per heavy atom. The molecule has 166 valence electrons. The van der Waals surface area contributed by atoms with Gasteiger partial charge in [-0.2, -0.15) is 0 Å². The summed E-state index contributed by atoms with van der Waals surface area (Å²) in [4.78, 5) is 15.8. The van der Waals surface area contributed by atoms with Crippen LogP contribution in [-0.2, 0) is 20.0 Å². The topological polar surface area (TPSA) is 63.7 Å². The van der Waals surface area contributed by atoms with Crippen LogP contribution in [0.5, 0.6) is 5.75 Å². The van der Waals surface area contributed by atoms with E-state index in [0.717, 1.165) is 31.2 Å². The SMILES string of the molecule is COc1ccc(S(=O)(=O)C2CCN(C(=O)C3(c4ccc(Cl)cc4)CCCC3)CC2)cc1. The fourth-order valence-corrected chi connectivity index (χ4v) is 6.86. The lowest BCUT2D eigenvalue weighted by Gasteiger charge is -2.38. The fraction of sp³-hybridized carbons (Fsp3) is 0.458. The number of hydrogen-bond acceptors (Lipinski definition) is 4. The van der Waals surface area contributed by atoms with E-state index in [1.165, 1.54) is 0 Å². The summed E-state index contributed by atoms with van der Waals surface area (Å²) >= 11 is 6.06. The minimum atomic E-state index is -3.44. The van der Waals surface area contributed by atoms with Crippen LogP contribution in [-0.4, -0.2) is 44.7 Å². The highest BCUT2D eigenvalue weighted by Gasteiger charge is 2.46. The Balaban J connectivity index is 1.48. The number of carbonyl (C=O) groups is 1. The summed E-state index contributed by atoms with van der Waals surface area (Å²) in [6, 6.07) is 14.1. The Labute approximate surface area is 189 Å². The molecule has 1 saturated heterocycles. The molecule has 31 heavy (non-hydrogen) atoms. The van der Waals surface area contributed by atoms with Crippen molar-refractivity contribution in [2.75, 3.05) is 20.2 Å². The molecule has 2 aliphatic rings. The number of hydrogen-bond donors (Lipinski definition) is 0. The van der Waals surface area contributed by atoms with Crippen molar-refractivity contribution in [1.82, 2.24) is 4.90 Å². The van der Waals surface area contributed by atoms with Crippen molar-refractivity contribution in [3.05, 3.63) is 59.1 Å². The molecule has 0 radical (unpaired) electrons. The van der Waals surface area contributed by atoms with Gasteiger partial charge in [0.1, 0.15) is 5.75 Å². The molecule has 1 heterocycles. The van der Waals surface area contributed by atoms with Gasteiger partial charge in [0.15, 0.2) is 9.84 Å². The maximum atomic E-state index is 13.6. The highest BCUT2D eigenvalue weighted by atomic mass is 35.5. The van der Waals surface area contributed by atoms with Crippen LogP contribution in [0.3, 0.4) is 0 Å². The molecule has 1 saturated carbocycles. The molecule has 1 aliphatic carbocycles. The number of amides is 1. The molecule has 5 nitrogen and oxygen atoms in total. The molecule has 7 heteroatoms. The summed E-state index contributed by atoms with van der Waals surface area (Å²) in [6.07, 6.45) is 4.62. The van der Waals surface area contributed by atoms with Gasteiger partial charge in [-0.15, -0.1) is 0 Å². The number of sulfone groups is 1. The predicted octanol–water partition coefficient (Wildman–Crippen LogP) is 4.63. The molecule has 0 N–H and O–H groups in total. The molecule has 2 fully saturated rings. The number of rotatable bonds is 5. The number of benzene rings is 2. The molecular weight excluding hydrogens is 434 g/mol. The van der Waals surface area contributed by atoms with Gasteiger partial charge in [-0.1, -0.05) is 36.6 Å². The number of methoxy groups -OCH3 is 1. The van der Waals surface area contributed by atoms with Crippen LogP contribution in [0.1, 0.15) is 44.1 Å². The normalized spacial score (nSPS) is 19.4. The lowest BCUT2D eigenvalue weighted by atomic mass is 9.77. The van der Waals surface area contributed by atoms with Crippen LogP contribution >= 0.6 is 11.6 Å². The first-order chi connectivity index (χ1) is 14.9. The van der Waals surface area contributed by atoms with Crippen molar-refractivity contribution in [3.63, 3.8) is 0 Å². The first-order valence-corrected chi connectivity index (χ1v) is 12.7. The molecule has 0 spiro atoms. The highest BCUT2D eigenvalue weighted by Crippen LogP contribution is 2.43. The summed E-state index contributed by atoms with van der Waals surface area (Å²) in [6.45, 7) is 0.933. The van der Waals surface area contributed by atoms with E-state index in [-0.39, 0.29) is 5.91 Å². The first-order valence-electron chi connectivity index (χ1n) is 10.8. The van der Waals surface area contributed by atoms with Gasteiger partial charge in [0, 0.05) is 18.1 Å². The third-order valence-electron chi connectivity index (χ3n) is 6.82. The van der Waals surface area contributed by atoms with E-state index < -0.39 is 20.5 Å². The Kier molecular flexibility index (Phi) is 6.31. The van der Waals surface area contributed by atoms with Crippen molar-refractivity contribution < 1.29 is 17.9 Å². The molecule has 4 rings (SSSR count). The Morgan fingerprint density at radius 3 is 2.13 bits per heavy atom. The van der Waals surface area contributed by atoms with E-state index >= 15 is 0 Å². The van der Waals surface area contributed by atoms with Crippen LogP contribution in [0.15, 0.2) is 53.4 Å². The molecule has 0 atom stereocenters. The number of nitrogens with zero attached hydrogens (tertiary/aromatic N) is 1. The summed E-state index contributed by atoms with van der Waals surface area (Å²) in [7, 11) is -1.88. The minimum absolute atomic E-state index is 0.132. The zero-order valence-electron chi connectivity index (χ0n) is 17.7. The molecular formula is C24H28ClNO4S. The smallest absolute Gasteiger partial charge is 0.233 e. The average molecular weight is 462 g/mol. The maximum absolute atomic E-state index is 13.6. The average Bonchev–Trinajstić information content (AvgIpc) is 3.30. The zero-order chi connectivity index (χ0) is 22.1. The Hall–Kier alpha value is -2.05. The predicted molar refractivity (Wildman–Crippen MR) is 121 cm³/mol. The largest absolute Gasteiger partial charge is 0.497 e. The lowest BCUT2D eigenvalue weighted by molar-refractivity contribution is -0.138.